The summed E-state index contributed by atoms with van der Waals surface area (Å²) in [7, 11) is 0. The quantitative estimate of drug-likeness (QED) is 0.185. The predicted octanol–water partition coefficient (Wildman–Crippen LogP) is 11.9. The van der Waals surface area contributed by atoms with E-state index in [0.717, 1.165) is 44.1 Å². The van der Waals surface area contributed by atoms with Gasteiger partial charge in [-0.2, -0.15) is 0 Å². The highest BCUT2D eigenvalue weighted by molar-refractivity contribution is 6.00. The van der Waals surface area contributed by atoms with Crippen LogP contribution in [0.4, 0.5) is 0 Å². The molecule has 8 aromatic rings. The highest BCUT2D eigenvalue weighted by Gasteiger charge is 2.46. The molecule has 9 rings (SSSR count). The zero-order chi connectivity index (χ0) is 36.5. The molecule has 0 spiro atoms. The molecule has 4 nitrogen and oxygen atoms in total. The standard InChI is InChI=1S/C49H42N4/c1-47(2,3)33-17-21-52-45(27-33)39-25-35(23-31-15-19-50-29-41(31)39)49(43-13-9-7-11-37(43)38-12-8-10-14-44(38)49)36-24-32-16-20-51-30-42(32)40(26-36)46-28-34(18-22-53-46)48(4,5)6/h7-30H,1-6H3. The largest absolute Gasteiger partial charge is 0.264 e. The maximum absolute atomic E-state index is 5.00. The number of nitrogens with zero attached hydrogens (tertiary/aromatic N) is 4. The molecule has 0 radical (unpaired) electrons. The van der Waals surface area contributed by atoms with Crippen LogP contribution < -0.4 is 0 Å². The SMILES string of the molecule is CC(C)(C)c1ccnc(-c2cc(C3(c4cc(-c5cc(C(C)(C)C)ccn5)c5cnccc5c4)c4ccccc4-c4ccccc43)cc3ccncc23)c1. The van der Waals surface area contributed by atoms with Crippen molar-refractivity contribution in [2.45, 2.75) is 57.8 Å². The number of fused-ring (bicyclic) bond motifs is 5. The second-order valence-corrected chi connectivity index (χ2v) is 16.4. The van der Waals surface area contributed by atoms with Gasteiger partial charge in [0.25, 0.3) is 0 Å². The molecular weight excluding hydrogens is 645 g/mol. The molecule has 4 aromatic carbocycles. The summed E-state index contributed by atoms with van der Waals surface area (Å²) in [5, 5.41) is 4.42. The van der Waals surface area contributed by atoms with Gasteiger partial charge in [0, 0.05) is 59.1 Å². The van der Waals surface area contributed by atoms with E-state index in [-0.39, 0.29) is 10.8 Å². The summed E-state index contributed by atoms with van der Waals surface area (Å²) < 4.78 is 0. The average molecular weight is 687 g/mol. The van der Waals surface area contributed by atoms with E-state index < -0.39 is 5.41 Å². The van der Waals surface area contributed by atoms with E-state index >= 15 is 0 Å². The van der Waals surface area contributed by atoms with E-state index in [0.29, 0.717) is 0 Å². The number of benzene rings is 4. The zero-order valence-electron chi connectivity index (χ0n) is 31.1. The van der Waals surface area contributed by atoms with E-state index in [9.17, 15) is 0 Å². The maximum Gasteiger partial charge on any atom is 0.0714 e. The lowest BCUT2D eigenvalue weighted by atomic mass is 9.66. The van der Waals surface area contributed by atoms with Crippen LogP contribution in [-0.4, -0.2) is 19.9 Å². The Bertz CT molecular complexity index is 2520. The van der Waals surface area contributed by atoms with E-state index in [1.807, 2.05) is 37.2 Å². The van der Waals surface area contributed by atoms with Gasteiger partial charge in [-0.25, -0.2) is 0 Å². The first-order chi connectivity index (χ1) is 25.5. The fourth-order valence-corrected chi connectivity index (χ4v) is 8.37. The molecule has 1 aliphatic carbocycles. The highest BCUT2D eigenvalue weighted by atomic mass is 14.7. The van der Waals surface area contributed by atoms with Crippen molar-refractivity contribution >= 4 is 21.5 Å². The smallest absolute Gasteiger partial charge is 0.0714 e. The number of rotatable bonds is 4. The lowest BCUT2D eigenvalue weighted by Crippen LogP contribution is -2.29. The molecule has 0 atom stereocenters. The molecule has 0 N–H and O–H groups in total. The van der Waals surface area contributed by atoms with Gasteiger partial charge in [0.2, 0.25) is 0 Å². The minimum atomic E-state index is -0.658. The first-order valence-corrected chi connectivity index (χ1v) is 18.4. The van der Waals surface area contributed by atoms with Crippen LogP contribution in [0.25, 0.3) is 55.2 Å². The Hall–Kier alpha value is -6.00. The molecule has 0 aliphatic heterocycles. The van der Waals surface area contributed by atoms with E-state index in [2.05, 4.69) is 161 Å². The Kier molecular flexibility index (Phi) is 7.46. The summed E-state index contributed by atoms with van der Waals surface area (Å²) in [6.07, 6.45) is 11.7. The Morgan fingerprint density at radius 1 is 0.434 bits per heavy atom. The van der Waals surface area contributed by atoms with Gasteiger partial charge < -0.3 is 0 Å². The van der Waals surface area contributed by atoms with E-state index in [1.54, 1.807) is 0 Å². The number of hydrogen-bond acceptors (Lipinski definition) is 4. The van der Waals surface area contributed by atoms with Gasteiger partial charge in [0.1, 0.15) is 0 Å². The van der Waals surface area contributed by atoms with Crippen LogP contribution >= 0.6 is 0 Å². The van der Waals surface area contributed by atoms with Crippen molar-refractivity contribution in [2.75, 3.05) is 0 Å². The number of pyridine rings is 4. The summed E-state index contributed by atoms with van der Waals surface area (Å²) in [6, 6.07) is 40.4. The van der Waals surface area contributed by atoms with Gasteiger partial charge in [-0.3, -0.25) is 19.9 Å². The molecule has 0 amide bonds. The molecule has 0 saturated carbocycles. The van der Waals surface area contributed by atoms with E-state index in [4.69, 9.17) is 9.97 Å². The Morgan fingerprint density at radius 2 is 0.868 bits per heavy atom. The topological polar surface area (TPSA) is 51.6 Å². The Labute approximate surface area is 311 Å². The van der Waals surface area contributed by atoms with Gasteiger partial charge in [-0.15, -0.1) is 0 Å². The molecule has 4 heterocycles. The van der Waals surface area contributed by atoms with Crippen molar-refractivity contribution in [3.05, 3.63) is 180 Å². The van der Waals surface area contributed by atoms with Crippen LogP contribution in [0.3, 0.4) is 0 Å². The molecule has 1 aliphatic rings. The summed E-state index contributed by atoms with van der Waals surface area (Å²) in [5.41, 5.74) is 13.2. The van der Waals surface area contributed by atoms with Gasteiger partial charge >= 0.3 is 0 Å². The molecule has 0 fully saturated rings. The maximum atomic E-state index is 5.00. The van der Waals surface area contributed by atoms with Crippen LogP contribution in [0.1, 0.15) is 74.9 Å². The summed E-state index contributed by atoms with van der Waals surface area (Å²) in [5.74, 6) is 0. The van der Waals surface area contributed by atoms with Crippen LogP contribution in [0.2, 0.25) is 0 Å². The highest BCUT2D eigenvalue weighted by Crippen LogP contribution is 2.57. The van der Waals surface area contributed by atoms with Crippen LogP contribution in [0, 0.1) is 0 Å². The third-order valence-corrected chi connectivity index (χ3v) is 11.1. The van der Waals surface area contributed by atoms with Gasteiger partial charge in [0.05, 0.1) is 16.8 Å². The summed E-state index contributed by atoms with van der Waals surface area (Å²) in [4.78, 5) is 19.2. The van der Waals surface area contributed by atoms with Gasteiger partial charge in [0.15, 0.2) is 0 Å². The Morgan fingerprint density at radius 3 is 1.30 bits per heavy atom. The van der Waals surface area contributed by atoms with Crippen LogP contribution in [-0.2, 0) is 16.2 Å². The fourth-order valence-electron chi connectivity index (χ4n) is 8.37. The van der Waals surface area contributed by atoms with Crippen molar-refractivity contribution in [3.63, 3.8) is 0 Å². The van der Waals surface area contributed by atoms with Crippen molar-refractivity contribution in [2.24, 2.45) is 0 Å². The minimum absolute atomic E-state index is 0.0252. The third kappa shape index (κ3) is 5.27. The number of hydrogen-bond donors (Lipinski definition) is 0. The van der Waals surface area contributed by atoms with Gasteiger partial charge in [-0.05, 0) is 127 Å². The molecular formula is C49H42N4. The van der Waals surface area contributed by atoms with Crippen molar-refractivity contribution in [3.8, 4) is 33.6 Å². The lowest BCUT2D eigenvalue weighted by Gasteiger charge is -2.35. The lowest BCUT2D eigenvalue weighted by molar-refractivity contribution is 0.589. The van der Waals surface area contributed by atoms with Gasteiger partial charge in [-0.1, -0.05) is 90.1 Å². The van der Waals surface area contributed by atoms with Crippen LogP contribution in [0.15, 0.2) is 146 Å². The first kappa shape index (κ1) is 32.9. The molecule has 53 heavy (non-hydrogen) atoms. The molecule has 4 aromatic heterocycles. The minimum Gasteiger partial charge on any atom is -0.264 e. The normalized spacial score (nSPS) is 13.6. The zero-order valence-corrected chi connectivity index (χ0v) is 31.1. The molecule has 4 heteroatoms. The molecule has 258 valence electrons. The van der Waals surface area contributed by atoms with Crippen molar-refractivity contribution in [1.29, 1.82) is 0 Å². The fraction of sp³-hybridized carbons (Fsp3) is 0.184. The predicted molar refractivity (Wildman–Crippen MR) is 218 cm³/mol. The second-order valence-electron chi connectivity index (χ2n) is 16.4. The Balaban J connectivity index is 1.42. The van der Waals surface area contributed by atoms with Crippen LogP contribution in [0.5, 0.6) is 0 Å². The van der Waals surface area contributed by atoms with Crippen molar-refractivity contribution in [1.82, 2.24) is 19.9 Å². The third-order valence-electron chi connectivity index (χ3n) is 11.1. The van der Waals surface area contributed by atoms with Crippen molar-refractivity contribution < 1.29 is 0 Å². The summed E-state index contributed by atoms with van der Waals surface area (Å²) in [6.45, 7) is 13.5. The molecule has 0 unspecified atom stereocenters. The summed E-state index contributed by atoms with van der Waals surface area (Å²) >= 11 is 0. The molecule has 0 saturated heterocycles. The van der Waals surface area contributed by atoms with E-state index in [1.165, 1.54) is 44.5 Å². The second kappa shape index (κ2) is 12.0. The number of aromatic nitrogens is 4. The first-order valence-electron chi connectivity index (χ1n) is 18.4. The average Bonchev–Trinajstić information content (AvgIpc) is 3.47. The molecule has 0 bridgehead atoms. The monoisotopic (exact) mass is 686 g/mol.